The lowest BCUT2D eigenvalue weighted by Gasteiger charge is -2.26. The number of hydrogen-bond donors (Lipinski definition) is 4. The smallest absolute Gasteiger partial charge is 0.224 e. The second-order valence-corrected chi connectivity index (χ2v) is 3.59. The number of nitrogens with two attached hydrogens (primary N) is 2. The van der Waals surface area contributed by atoms with Crippen LogP contribution in [0.3, 0.4) is 0 Å². The first-order valence-corrected chi connectivity index (χ1v) is 5.08. The first-order chi connectivity index (χ1) is 7.61. The molecule has 0 spiro atoms. The van der Waals surface area contributed by atoms with Crippen LogP contribution < -0.4 is 22.1 Å². The Labute approximate surface area is 92.6 Å². The van der Waals surface area contributed by atoms with Gasteiger partial charge in [-0.2, -0.15) is 9.97 Å². The van der Waals surface area contributed by atoms with Crippen molar-refractivity contribution in [2.45, 2.75) is 19.4 Å². The van der Waals surface area contributed by atoms with E-state index in [1.54, 1.807) is 0 Å². The molecule has 2 rings (SSSR count). The van der Waals surface area contributed by atoms with Crippen molar-refractivity contribution in [3.63, 3.8) is 0 Å². The van der Waals surface area contributed by atoms with Crippen LogP contribution in [0, 0.1) is 0 Å². The van der Waals surface area contributed by atoms with Gasteiger partial charge in [0.1, 0.15) is 11.7 Å². The minimum absolute atomic E-state index is 0.116. The fourth-order valence-electron chi connectivity index (χ4n) is 1.63. The number of nitrogens with one attached hydrogen (secondary N) is 2. The van der Waals surface area contributed by atoms with Crippen LogP contribution in [-0.2, 0) is 4.79 Å². The van der Waals surface area contributed by atoms with Crippen molar-refractivity contribution in [3.05, 3.63) is 0 Å². The van der Waals surface area contributed by atoms with Crippen LogP contribution in [0.5, 0.6) is 0 Å². The Balaban J connectivity index is 2.30. The summed E-state index contributed by atoms with van der Waals surface area (Å²) in [5.41, 5.74) is 11.7. The summed E-state index contributed by atoms with van der Waals surface area (Å²) in [6.45, 7) is 2.30. The predicted octanol–water partition coefficient (Wildman–Crippen LogP) is -0.174. The number of Topliss-reactive ketones (excluding diaryl/α,β-unsaturated/α-hetero) is 1. The molecule has 0 aromatic carbocycles. The third-order valence-corrected chi connectivity index (χ3v) is 2.48. The molecule has 16 heavy (non-hydrogen) atoms. The molecule has 0 saturated carbocycles. The first-order valence-electron chi connectivity index (χ1n) is 5.08. The van der Waals surface area contributed by atoms with Gasteiger partial charge in [0.25, 0.3) is 0 Å². The van der Waals surface area contributed by atoms with Crippen LogP contribution in [0.2, 0.25) is 0 Å². The largest absolute Gasteiger partial charge is 0.382 e. The number of ketones is 1. The van der Waals surface area contributed by atoms with E-state index < -0.39 is 0 Å². The summed E-state index contributed by atoms with van der Waals surface area (Å²) in [4.78, 5) is 19.4. The zero-order chi connectivity index (χ0) is 11.7. The fourth-order valence-corrected chi connectivity index (χ4v) is 1.63. The Morgan fingerprint density at radius 1 is 1.50 bits per heavy atom. The molecule has 1 aliphatic heterocycles. The number of nitrogens with zero attached hydrogens (tertiary/aromatic N) is 2. The molecule has 7 nitrogen and oxygen atoms in total. The Morgan fingerprint density at radius 3 is 2.94 bits per heavy atom. The molecule has 0 radical (unpaired) electrons. The molecule has 0 amide bonds. The molecule has 0 saturated heterocycles. The van der Waals surface area contributed by atoms with Crippen LogP contribution in [0.1, 0.15) is 13.3 Å². The van der Waals surface area contributed by atoms with E-state index in [-0.39, 0.29) is 23.6 Å². The Hall–Kier alpha value is -2.05. The van der Waals surface area contributed by atoms with Crippen molar-refractivity contribution in [2.75, 3.05) is 28.6 Å². The van der Waals surface area contributed by atoms with E-state index in [2.05, 4.69) is 20.6 Å². The number of nitrogen functional groups attached to an aromatic ring is 2. The normalized spacial score (nSPS) is 18.2. The maximum atomic E-state index is 11.5. The van der Waals surface area contributed by atoms with E-state index in [1.807, 2.05) is 6.92 Å². The van der Waals surface area contributed by atoms with Crippen LogP contribution in [0.4, 0.5) is 23.3 Å². The summed E-state index contributed by atoms with van der Waals surface area (Å²) in [5, 5.41) is 6.04. The second-order valence-electron chi connectivity index (χ2n) is 3.59. The zero-order valence-electron chi connectivity index (χ0n) is 8.95. The number of carbonyl (C=O) groups is 1. The van der Waals surface area contributed by atoms with Crippen molar-refractivity contribution >= 4 is 29.1 Å². The highest BCUT2D eigenvalue weighted by Gasteiger charge is 2.25. The summed E-state index contributed by atoms with van der Waals surface area (Å²) in [6.07, 6.45) is 0.477. The Kier molecular flexibility index (Phi) is 2.51. The van der Waals surface area contributed by atoms with E-state index in [4.69, 9.17) is 11.5 Å². The fraction of sp³-hybridized carbons (Fsp3) is 0.444. The summed E-state index contributed by atoms with van der Waals surface area (Å²) in [7, 11) is 0. The second kappa shape index (κ2) is 3.84. The van der Waals surface area contributed by atoms with Gasteiger partial charge in [-0.25, -0.2) is 0 Å². The summed E-state index contributed by atoms with van der Waals surface area (Å²) in [6, 6.07) is -0.285. The summed E-state index contributed by atoms with van der Waals surface area (Å²) >= 11 is 0. The molecule has 1 aliphatic rings. The Bertz CT molecular complexity index is 432. The van der Waals surface area contributed by atoms with Gasteiger partial charge in [0.2, 0.25) is 5.95 Å². The number of aromatic nitrogens is 2. The molecule has 1 aromatic heterocycles. The molecule has 2 heterocycles. The van der Waals surface area contributed by atoms with Crippen LogP contribution >= 0.6 is 0 Å². The predicted molar refractivity (Wildman–Crippen MR) is 62.1 cm³/mol. The number of fused-ring (bicyclic) bond motifs is 1. The molecule has 1 unspecified atom stereocenters. The van der Waals surface area contributed by atoms with Crippen molar-refractivity contribution in [2.24, 2.45) is 0 Å². The van der Waals surface area contributed by atoms with Gasteiger partial charge < -0.3 is 22.1 Å². The topological polar surface area (TPSA) is 119 Å². The van der Waals surface area contributed by atoms with Crippen LogP contribution in [0.25, 0.3) is 0 Å². The number of hydrogen-bond acceptors (Lipinski definition) is 7. The third-order valence-electron chi connectivity index (χ3n) is 2.48. The number of carbonyl (C=O) groups excluding carboxylic acids is 1. The lowest BCUT2D eigenvalue weighted by Crippen LogP contribution is -2.40. The van der Waals surface area contributed by atoms with E-state index in [0.717, 1.165) is 0 Å². The SMILES string of the molecule is CCC(=O)C1CNc2nc(N)nc(N)c2N1. The van der Waals surface area contributed by atoms with E-state index in [9.17, 15) is 4.79 Å². The molecule has 7 heteroatoms. The van der Waals surface area contributed by atoms with Crippen LogP contribution in [-0.4, -0.2) is 28.3 Å². The molecule has 0 fully saturated rings. The molecular formula is C9H14N6O. The molecule has 1 atom stereocenters. The first kappa shape index (κ1) is 10.5. The minimum Gasteiger partial charge on any atom is -0.382 e. The Morgan fingerprint density at radius 2 is 2.25 bits per heavy atom. The van der Waals surface area contributed by atoms with Crippen LogP contribution in [0.15, 0.2) is 0 Å². The van der Waals surface area contributed by atoms with E-state index >= 15 is 0 Å². The molecular weight excluding hydrogens is 208 g/mol. The summed E-state index contributed by atoms with van der Waals surface area (Å²) < 4.78 is 0. The van der Waals surface area contributed by atoms with Gasteiger partial charge in [-0.15, -0.1) is 0 Å². The van der Waals surface area contributed by atoms with Gasteiger partial charge in [0.15, 0.2) is 17.4 Å². The van der Waals surface area contributed by atoms with Gasteiger partial charge in [-0.1, -0.05) is 6.92 Å². The average Bonchev–Trinajstić information content (AvgIpc) is 2.27. The number of rotatable bonds is 2. The number of anilines is 4. The van der Waals surface area contributed by atoms with Gasteiger partial charge in [0.05, 0.1) is 0 Å². The van der Waals surface area contributed by atoms with Crippen molar-refractivity contribution in [1.29, 1.82) is 0 Å². The van der Waals surface area contributed by atoms with Gasteiger partial charge in [-0.3, -0.25) is 4.79 Å². The minimum atomic E-state index is -0.285. The molecule has 0 aliphatic carbocycles. The zero-order valence-corrected chi connectivity index (χ0v) is 8.95. The highest BCUT2D eigenvalue weighted by molar-refractivity contribution is 5.91. The molecule has 1 aromatic rings. The van der Waals surface area contributed by atoms with E-state index in [1.165, 1.54) is 0 Å². The van der Waals surface area contributed by atoms with Gasteiger partial charge in [0, 0.05) is 13.0 Å². The molecule has 0 bridgehead atoms. The van der Waals surface area contributed by atoms with E-state index in [0.29, 0.717) is 24.5 Å². The van der Waals surface area contributed by atoms with Crippen molar-refractivity contribution in [3.8, 4) is 0 Å². The lowest BCUT2D eigenvalue weighted by atomic mass is 10.1. The van der Waals surface area contributed by atoms with Crippen molar-refractivity contribution in [1.82, 2.24) is 9.97 Å². The maximum Gasteiger partial charge on any atom is 0.224 e. The van der Waals surface area contributed by atoms with Crippen molar-refractivity contribution < 1.29 is 4.79 Å². The quantitative estimate of drug-likeness (QED) is 0.548. The monoisotopic (exact) mass is 222 g/mol. The third kappa shape index (κ3) is 1.71. The standard InChI is InChI=1S/C9H14N6O/c1-2-5(16)4-3-12-8-6(13-4)7(10)14-9(11)15-8/h4,13H,2-3H2,1H3,(H5,10,11,12,14,15). The average molecular weight is 222 g/mol. The molecule has 86 valence electrons. The van der Waals surface area contributed by atoms with Gasteiger partial charge in [-0.05, 0) is 0 Å². The van der Waals surface area contributed by atoms with Gasteiger partial charge >= 0.3 is 0 Å². The lowest BCUT2D eigenvalue weighted by molar-refractivity contribution is -0.119. The molecule has 6 N–H and O–H groups in total. The highest BCUT2D eigenvalue weighted by Crippen LogP contribution is 2.29. The summed E-state index contributed by atoms with van der Waals surface area (Å²) in [5.74, 6) is 1.04. The maximum absolute atomic E-state index is 11.5. The highest BCUT2D eigenvalue weighted by atomic mass is 16.1.